The molecule has 5 heteroatoms. The molecule has 0 fully saturated rings. The van der Waals surface area contributed by atoms with E-state index >= 15 is 0 Å². The van der Waals surface area contributed by atoms with Gasteiger partial charge in [-0.2, -0.15) is 0 Å². The van der Waals surface area contributed by atoms with Crippen LogP contribution in [0.4, 0.5) is 5.69 Å². The first-order valence-corrected chi connectivity index (χ1v) is 6.70. The highest BCUT2D eigenvalue weighted by Gasteiger charge is 2.07. The van der Waals surface area contributed by atoms with Gasteiger partial charge in [-0.15, -0.1) is 0 Å². The molecular formula is C12H8Br2ClNO. The molecule has 0 saturated carbocycles. The second-order valence-corrected chi connectivity index (χ2v) is 5.54. The van der Waals surface area contributed by atoms with Crippen molar-refractivity contribution >= 4 is 49.1 Å². The molecule has 88 valence electrons. The lowest BCUT2D eigenvalue weighted by Gasteiger charge is -2.10. The second-order valence-electron chi connectivity index (χ2n) is 3.37. The van der Waals surface area contributed by atoms with Gasteiger partial charge in [-0.1, -0.05) is 27.5 Å². The molecule has 0 radical (unpaired) electrons. The van der Waals surface area contributed by atoms with Crippen LogP contribution in [0, 0.1) is 0 Å². The van der Waals surface area contributed by atoms with Crippen LogP contribution in [-0.2, 0) is 0 Å². The van der Waals surface area contributed by atoms with E-state index in [1.54, 1.807) is 24.3 Å². The zero-order chi connectivity index (χ0) is 12.4. The lowest BCUT2D eigenvalue weighted by Crippen LogP contribution is -1.89. The molecule has 2 rings (SSSR count). The zero-order valence-electron chi connectivity index (χ0n) is 8.58. The summed E-state index contributed by atoms with van der Waals surface area (Å²) in [6.07, 6.45) is 0. The van der Waals surface area contributed by atoms with E-state index in [0.29, 0.717) is 22.2 Å². The van der Waals surface area contributed by atoms with Gasteiger partial charge in [-0.05, 0) is 52.3 Å². The van der Waals surface area contributed by atoms with Gasteiger partial charge in [0.2, 0.25) is 0 Å². The van der Waals surface area contributed by atoms with Crippen molar-refractivity contribution in [1.29, 1.82) is 0 Å². The van der Waals surface area contributed by atoms with E-state index in [2.05, 4.69) is 31.9 Å². The van der Waals surface area contributed by atoms with Crippen molar-refractivity contribution in [3.05, 3.63) is 50.4 Å². The molecule has 17 heavy (non-hydrogen) atoms. The summed E-state index contributed by atoms with van der Waals surface area (Å²) in [6.45, 7) is 0. The number of anilines is 1. The number of nitrogen functional groups attached to an aromatic ring is 1. The molecule has 0 saturated heterocycles. The minimum atomic E-state index is 0.553. The summed E-state index contributed by atoms with van der Waals surface area (Å²) in [5.74, 6) is 1.26. The Kier molecular flexibility index (Phi) is 3.97. The highest BCUT2D eigenvalue weighted by atomic mass is 79.9. The Hall–Kier alpha value is -0.710. The normalized spacial score (nSPS) is 10.3. The number of rotatable bonds is 2. The minimum absolute atomic E-state index is 0.553. The van der Waals surface area contributed by atoms with Gasteiger partial charge in [0.1, 0.15) is 11.5 Å². The van der Waals surface area contributed by atoms with Crippen LogP contribution in [-0.4, -0.2) is 0 Å². The number of hydrogen-bond acceptors (Lipinski definition) is 2. The molecule has 2 aromatic carbocycles. The first-order chi connectivity index (χ1) is 8.06. The lowest BCUT2D eigenvalue weighted by molar-refractivity contribution is 0.479. The van der Waals surface area contributed by atoms with E-state index in [0.717, 1.165) is 8.95 Å². The smallest absolute Gasteiger partial charge is 0.147 e. The van der Waals surface area contributed by atoms with E-state index in [9.17, 15) is 0 Å². The highest BCUT2D eigenvalue weighted by Crippen LogP contribution is 2.35. The molecule has 0 aliphatic heterocycles. The van der Waals surface area contributed by atoms with Crippen LogP contribution in [0.5, 0.6) is 11.5 Å². The van der Waals surface area contributed by atoms with Crippen LogP contribution < -0.4 is 10.5 Å². The highest BCUT2D eigenvalue weighted by molar-refractivity contribution is 9.10. The van der Waals surface area contributed by atoms with Gasteiger partial charge in [0.15, 0.2) is 0 Å². The summed E-state index contributed by atoms with van der Waals surface area (Å²) in [7, 11) is 0. The predicted octanol–water partition coefficient (Wildman–Crippen LogP) is 5.24. The summed E-state index contributed by atoms with van der Waals surface area (Å²) in [4.78, 5) is 0. The third kappa shape index (κ3) is 3.15. The maximum atomic E-state index is 6.04. The van der Waals surface area contributed by atoms with Crippen LogP contribution in [0.3, 0.4) is 0 Å². The fraction of sp³-hybridized carbons (Fsp3) is 0. The molecule has 0 aliphatic rings. The number of ether oxygens (including phenoxy) is 1. The predicted molar refractivity (Wildman–Crippen MR) is 77.8 cm³/mol. The Morgan fingerprint density at radius 1 is 1.00 bits per heavy atom. The minimum Gasteiger partial charge on any atom is -0.455 e. The van der Waals surface area contributed by atoms with Crippen molar-refractivity contribution < 1.29 is 4.74 Å². The number of halogens is 3. The third-order valence-electron chi connectivity index (χ3n) is 2.07. The van der Waals surface area contributed by atoms with Gasteiger partial charge in [-0.3, -0.25) is 0 Å². The summed E-state index contributed by atoms with van der Waals surface area (Å²) in [5, 5.41) is 0.553. The third-order valence-corrected chi connectivity index (χ3v) is 3.49. The van der Waals surface area contributed by atoms with Gasteiger partial charge >= 0.3 is 0 Å². The standard InChI is InChI=1S/C12H8Br2ClNO/c13-7-1-3-10(15)12(5-7)17-11-4-2-8(16)6-9(11)14/h1-6H,16H2. The monoisotopic (exact) mass is 375 g/mol. The van der Waals surface area contributed by atoms with Crippen molar-refractivity contribution in [1.82, 2.24) is 0 Å². The lowest BCUT2D eigenvalue weighted by atomic mass is 10.3. The number of hydrogen-bond donors (Lipinski definition) is 1. The fourth-order valence-electron chi connectivity index (χ4n) is 1.27. The first-order valence-electron chi connectivity index (χ1n) is 4.74. The zero-order valence-corrected chi connectivity index (χ0v) is 12.5. The molecule has 0 heterocycles. The largest absolute Gasteiger partial charge is 0.455 e. The van der Waals surface area contributed by atoms with E-state index in [1.807, 2.05) is 12.1 Å². The molecule has 2 nitrogen and oxygen atoms in total. The Balaban J connectivity index is 2.34. The Labute approximate surface area is 121 Å². The van der Waals surface area contributed by atoms with E-state index in [-0.39, 0.29) is 0 Å². The molecule has 0 atom stereocenters. The van der Waals surface area contributed by atoms with E-state index in [1.165, 1.54) is 0 Å². The molecule has 0 bridgehead atoms. The average molecular weight is 377 g/mol. The molecule has 0 amide bonds. The number of benzene rings is 2. The van der Waals surface area contributed by atoms with Crippen molar-refractivity contribution in [3.8, 4) is 11.5 Å². The van der Waals surface area contributed by atoms with Crippen LogP contribution >= 0.6 is 43.5 Å². The quantitative estimate of drug-likeness (QED) is 0.727. The van der Waals surface area contributed by atoms with Crippen LogP contribution in [0.25, 0.3) is 0 Å². The second kappa shape index (κ2) is 5.29. The first kappa shape index (κ1) is 12.7. The SMILES string of the molecule is Nc1ccc(Oc2cc(Br)ccc2Cl)c(Br)c1. The summed E-state index contributed by atoms with van der Waals surface area (Å²) in [5.41, 5.74) is 6.33. The van der Waals surface area contributed by atoms with E-state index in [4.69, 9.17) is 22.1 Å². The van der Waals surface area contributed by atoms with Gasteiger partial charge in [0, 0.05) is 10.2 Å². The topological polar surface area (TPSA) is 35.2 Å². The van der Waals surface area contributed by atoms with Crippen molar-refractivity contribution in [2.45, 2.75) is 0 Å². The van der Waals surface area contributed by atoms with Gasteiger partial charge in [0.25, 0.3) is 0 Å². The Bertz CT molecular complexity index is 560. The van der Waals surface area contributed by atoms with Crippen molar-refractivity contribution in [2.75, 3.05) is 5.73 Å². The van der Waals surface area contributed by atoms with Gasteiger partial charge in [0.05, 0.1) is 9.50 Å². The molecule has 2 aromatic rings. The number of nitrogens with two attached hydrogens (primary N) is 1. The maximum Gasteiger partial charge on any atom is 0.147 e. The summed E-state index contributed by atoms with van der Waals surface area (Å²) >= 11 is 12.8. The van der Waals surface area contributed by atoms with Crippen molar-refractivity contribution in [3.63, 3.8) is 0 Å². The Morgan fingerprint density at radius 2 is 1.76 bits per heavy atom. The average Bonchev–Trinajstić information content (AvgIpc) is 2.27. The van der Waals surface area contributed by atoms with Crippen LogP contribution in [0.15, 0.2) is 45.3 Å². The summed E-state index contributed by atoms with van der Waals surface area (Å²) in [6, 6.07) is 10.8. The van der Waals surface area contributed by atoms with Crippen LogP contribution in [0.2, 0.25) is 5.02 Å². The molecule has 0 unspecified atom stereocenters. The molecule has 0 spiro atoms. The fourth-order valence-corrected chi connectivity index (χ4v) is 2.25. The summed E-state index contributed by atoms with van der Waals surface area (Å²) < 4.78 is 7.40. The van der Waals surface area contributed by atoms with Crippen LogP contribution in [0.1, 0.15) is 0 Å². The van der Waals surface area contributed by atoms with Gasteiger partial charge < -0.3 is 10.5 Å². The molecule has 0 aromatic heterocycles. The van der Waals surface area contributed by atoms with Crippen molar-refractivity contribution in [2.24, 2.45) is 0 Å². The Morgan fingerprint density at radius 3 is 2.47 bits per heavy atom. The molecule has 2 N–H and O–H groups in total. The molecule has 0 aliphatic carbocycles. The molecular weight excluding hydrogens is 369 g/mol. The van der Waals surface area contributed by atoms with Gasteiger partial charge in [-0.25, -0.2) is 0 Å². The van der Waals surface area contributed by atoms with E-state index < -0.39 is 0 Å². The maximum absolute atomic E-state index is 6.04.